The van der Waals surface area contributed by atoms with E-state index < -0.39 is 0 Å². The molecule has 1 aromatic carbocycles. The predicted molar refractivity (Wildman–Crippen MR) is 73.2 cm³/mol. The first-order valence-electron chi connectivity index (χ1n) is 5.40. The Kier molecular flexibility index (Phi) is 4.53. The van der Waals surface area contributed by atoms with Gasteiger partial charge in [0.25, 0.3) is 0 Å². The number of hydrogen-bond donors (Lipinski definition) is 0. The van der Waals surface area contributed by atoms with Crippen LogP contribution in [0.3, 0.4) is 0 Å². The normalized spacial score (nSPS) is 12.4. The summed E-state index contributed by atoms with van der Waals surface area (Å²) in [6, 6.07) is 10.3. The van der Waals surface area contributed by atoms with Crippen LogP contribution in [0.5, 0.6) is 0 Å². The largest absolute Gasteiger partial charge is 0.0985 e. The first-order chi connectivity index (χ1) is 7.69. The van der Waals surface area contributed by atoms with Gasteiger partial charge >= 0.3 is 0 Å². The lowest BCUT2D eigenvalue weighted by atomic mass is 10.0. The van der Waals surface area contributed by atoms with Gasteiger partial charge in [0.05, 0.1) is 0 Å². The van der Waals surface area contributed by atoms with Gasteiger partial charge in [-0.15, -0.1) is 0 Å². The Morgan fingerprint density at radius 3 is 2.25 bits per heavy atom. The molecular weight excluding hydrogens is 192 g/mol. The molecule has 0 N–H and O–H groups in total. The Hall–Kier alpha value is -1.82. The van der Waals surface area contributed by atoms with Crippen LogP contribution in [-0.2, 0) is 0 Å². The molecule has 0 bridgehead atoms. The highest BCUT2D eigenvalue weighted by Gasteiger charge is 1.98. The van der Waals surface area contributed by atoms with Crippen molar-refractivity contribution in [2.24, 2.45) is 0 Å². The predicted octanol–water partition coefficient (Wildman–Crippen LogP) is 4.78. The van der Waals surface area contributed by atoms with Crippen LogP contribution in [0.4, 0.5) is 0 Å². The van der Waals surface area contributed by atoms with Gasteiger partial charge in [0.2, 0.25) is 0 Å². The molecule has 0 aliphatic rings. The van der Waals surface area contributed by atoms with Crippen LogP contribution in [-0.4, -0.2) is 0 Å². The van der Waals surface area contributed by atoms with Gasteiger partial charge in [-0.2, -0.15) is 0 Å². The molecule has 0 unspecified atom stereocenters. The van der Waals surface area contributed by atoms with E-state index >= 15 is 0 Å². The molecule has 16 heavy (non-hydrogen) atoms. The highest BCUT2D eigenvalue weighted by atomic mass is 14.0. The van der Waals surface area contributed by atoms with Crippen molar-refractivity contribution in [3.05, 3.63) is 78.4 Å². The standard InChI is InChI=1S/C16H18/c1-5-14(13(3)4)12-15(6-2)16-10-8-7-9-11-16/h5-12H,1,3H2,2,4H3/b14-12+,15-6+. The Balaban J connectivity index is 3.11. The topological polar surface area (TPSA) is 0 Å². The minimum Gasteiger partial charge on any atom is -0.0985 e. The molecule has 0 spiro atoms. The van der Waals surface area contributed by atoms with Crippen molar-refractivity contribution in [3.63, 3.8) is 0 Å². The Labute approximate surface area is 98.3 Å². The van der Waals surface area contributed by atoms with Crippen molar-refractivity contribution < 1.29 is 0 Å². The van der Waals surface area contributed by atoms with Gasteiger partial charge in [-0.05, 0) is 36.6 Å². The average molecular weight is 210 g/mol. The van der Waals surface area contributed by atoms with E-state index in [1.54, 1.807) is 0 Å². The quantitative estimate of drug-likeness (QED) is 0.627. The summed E-state index contributed by atoms with van der Waals surface area (Å²) in [6.07, 6.45) is 6.06. The lowest BCUT2D eigenvalue weighted by Crippen LogP contribution is -1.84. The number of hydrogen-bond acceptors (Lipinski definition) is 0. The molecular formula is C16H18. The molecule has 0 saturated heterocycles. The fourth-order valence-electron chi connectivity index (χ4n) is 1.49. The summed E-state index contributed by atoms with van der Waals surface area (Å²) in [5, 5.41) is 0. The summed E-state index contributed by atoms with van der Waals surface area (Å²) < 4.78 is 0. The summed E-state index contributed by atoms with van der Waals surface area (Å²) in [5.74, 6) is 0. The third-order valence-electron chi connectivity index (χ3n) is 2.44. The van der Waals surface area contributed by atoms with E-state index in [0.717, 1.165) is 11.1 Å². The van der Waals surface area contributed by atoms with Crippen molar-refractivity contribution in [1.29, 1.82) is 0 Å². The summed E-state index contributed by atoms with van der Waals surface area (Å²) in [4.78, 5) is 0. The fraction of sp³-hybridized carbons (Fsp3) is 0.125. The van der Waals surface area contributed by atoms with Gasteiger partial charge in [-0.1, -0.05) is 61.2 Å². The van der Waals surface area contributed by atoms with E-state index in [2.05, 4.69) is 37.4 Å². The van der Waals surface area contributed by atoms with Crippen LogP contribution >= 0.6 is 0 Å². The minimum atomic E-state index is 1.03. The molecule has 0 atom stereocenters. The SMILES string of the molecule is C=C/C(=C\C(=C/C)c1ccccc1)C(=C)C. The summed E-state index contributed by atoms with van der Waals surface area (Å²) >= 11 is 0. The van der Waals surface area contributed by atoms with Crippen molar-refractivity contribution in [1.82, 2.24) is 0 Å². The van der Waals surface area contributed by atoms with E-state index in [4.69, 9.17) is 0 Å². The molecule has 0 radical (unpaired) electrons. The Bertz CT molecular complexity index is 430. The second-order valence-corrected chi connectivity index (χ2v) is 3.69. The van der Waals surface area contributed by atoms with E-state index in [1.165, 1.54) is 11.1 Å². The van der Waals surface area contributed by atoms with E-state index in [-0.39, 0.29) is 0 Å². The first kappa shape index (κ1) is 12.3. The molecule has 0 amide bonds. The van der Waals surface area contributed by atoms with E-state index in [1.807, 2.05) is 38.1 Å². The summed E-state index contributed by atoms with van der Waals surface area (Å²) in [5.41, 5.74) is 4.52. The molecule has 0 aliphatic carbocycles. The maximum Gasteiger partial charge on any atom is -0.0187 e. The van der Waals surface area contributed by atoms with Gasteiger partial charge in [-0.3, -0.25) is 0 Å². The Morgan fingerprint density at radius 2 is 1.81 bits per heavy atom. The Morgan fingerprint density at radius 1 is 1.19 bits per heavy atom. The number of allylic oxidation sites excluding steroid dienone is 6. The van der Waals surface area contributed by atoms with Crippen molar-refractivity contribution in [2.75, 3.05) is 0 Å². The van der Waals surface area contributed by atoms with Crippen LogP contribution in [0.15, 0.2) is 72.9 Å². The van der Waals surface area contributed by atoms with Gasteiger partial charge in [0.15, 0.2) is 0 Å². The zero-order valence-corrected chi connectivity index (χ0v) is 10.0. The number of benzene rings is 1. The second kappa shape index (κ2) is 5.92. The van der Waals surface area contributed by atoms with E-state index in [9.17, 15) is 0 Å². The van der Waals surface area contributed by atoms with Crippen LogP contribution in [0.1, 0.15) is 19.4 Å². The van der Waals surface area contributed by atoms with Crippen molar-refractivity contribution >= 4 is 5.57 Å². The highest BCUT2D eigenvalue weighted by molar-refractivity contribution is 5.75. The molecule has 0 heterocycles. The highest BCUT2D eigenvalue weighted by Crippen LogP contribution is 2.20. The third kappa shape index (κ3) is 3.09. The fourth-order valence-corrected chi connectivity index (χ4v) is 1.49. The summed E-state index contributed by atoms with van der Waals surface area (Å²) in [7, 11) is 0. The van der Waals surface area contributed by atoms with Gasteiger partial charge in [0.1, 0.15) is 0 Å². The molecule has 1 rings (SSSR count). The van der Waals surface area contributed by atoms with Crippen LogP contribution in [0.25, 0.3) is 5.57 Å². The molecule has 0 nitrogen and oxygen atoms in total. The van der Waals surface area contributed by atoms with E-state index in [0.29, 0.717) is 0 Å². The molecule has 0 aliphatic heterocycles. The van der Waals surface area contributed by atoms with Crippen LogP contribution in [0.2, 0.25) is 0 Å². The molecule has 0 aromatic heterocycles. The lowest BCUT2D eigenvalue weighted by molar-refractivity contribution is 1.45. The van der Waals surface area contributed by atoms with Gasteiger partial charge < -0.3 is 0 Å². The van der Waals surface area contributed by atoms with Gasteiger partial charge in [0, 0.05) is 0 Å². The minimum absolute atomic E-state index is 1.03. The smallest absolute Gasteiger partial charge is 0.0187 e. The molecule has 0 fully saturated rings. The van der Waals surface area contributed by atoms with Crippen molar-refractivity contribution in [2.45, 2.75) is 13.8 Å². The van der Waals surface area contributed by atoms with Crippen LogP contribution < -0.4 is 0 Å². The van der Waals surface area contributed by atoms with Gasteiger partial charge in [-0.25, -0.2) is 0 Å². The maximum absolute atomic E-state index is 3.94. The van der Waals surface area contributed by atoms with Crippen molar-refractivity contribution in [3.8, 4) is 0 Å². The maximum atomic E-state index is 3.94. The zero-order valence-electron chi connectivity index (χ0n) is 10.0. The first-order valence-corrected chi connectivity index (χ1v) is 5.40. The monoisotopic (exact) mass is 210 g/mol. The molecule has 0 saturated carbocycles. The van der Waals surface area contributed by atoms with Crippen LogP contribution in [0, 0.1) is 0 Å². The number of rotatable bonds is 4. The third-order valence-corrected chi connectivity index (χ3v) is 2.44. The molecule has 0 heteroatoms. The molecule has 82 valence electrons. The zero-order chi connectivity index (χ0) is 12.0. The second-order valence-electron chi connectivity index (χ2n) is 3.69. The lowest BCUT2D eigenvalue weighted by Gasteiger charge is -2.05. The average Bonchev–Trinajstić information content (AvgIpc) is 2.31. The molecule has 1 aromatic rings. The summed E-state index contributed by atoms with van der Waals surface area (Å²) in [6.45, 7) is 11.8.